The third-order valence-electron chi connectivity index (χ3n) is 5.38. The SMILES string of the molecule is Cc1ccc(C)c(-n2nc(-c3ccc(N(C)C)cc3)c3c2NCCCC3)c1. The summed E-state index contributed by atoms with van der Waals surface area (Å²) in [6.45, 7) is 5.30. The van der Waals surface area contributed by atoms with Gasteiger partial charge in [0.2, 0.25) is 0 Å². The second kappa shape index (κ2) is 7.10. The molecule has 3 aromatic rings. The van der Waals surface area contributed by atoms with Gasteiger partial charge >= 0.3 is 0 Å². The van der Waals surface area contributed by atoms with E-state index in [9.17, 15) is 0 Å². The van der Waals surface area contributed by atoms with Crippen LogP contribution in [0.25, 0.3) is 16.9 Å². The number of hydrogen-bond acceptors (Lipinski definition) is 3. The molecule has 0 bridgehead atoms. The molecule has 0 fully saturated rings. The predicted octanol–water partition coefficient (Wildman–Crippen LogP) is 4.97. The van der Waals surface area contributed by atoms with Crippen LogP contribution in [-0.4, -0.2) is 30.4 Å². The Morgan fingerprint density at radius 2 is 1.78 bits per heavy atom. The lowest BCUT2D eigenvalue weighted by atomic mass is 10.0. The van der Waals surface area contributed by atoms with Gasteiger partial charge in [0.1, 0.15) is 5.82 Å². The van der Waals surface area contributed by atoms with Gasteiger partial charge in [-0.05, 0) is 62.4 Å². The minimum atomic E-state index is 1.00. The van der Waals surface area contributed by atoms with Crippen molar-refractivity contribution in [1.29, 1.82) is 0 Å². The summed E-state index contributed by atoms with van der Waals surface area (Å²) in [4.78, 5) is 2.13. The Morgan fingerprint density at radius 1 is 1.00 bits per heavy atom. The molecule has 140 valence electrons. The summed E-state index contributed by atoms with van der Waals surface area (Å²) in [5.74, 6) is 1.16. The molecule has 0 saturated heterocycles. The van der Waals surface area contributed by atoms with Crippen LogP contribution in [0.4, 0.5) is 11.5 Å². The van der Waals surface area contributed by atoms with E-state index in [0.29, 0.717) is 0 Å². The van der Waals surface area contributed by atoms with Crippen molar-refractivity contribution in [2.75, 3.05) is 30.9 Å². The van der Waals surface area contributed by atoms with Gasteiger partial charge in [-0.2, -0.15) is 5.10 Å². The summed E-state index contributed by atoms with van der Waals surface area (Å²) in [7, 11) is 4.14. The molecule has 1 aliphatic heterocycles. The van der Waals surface area contributed by atoms with E-state index in [2.05, 4.69) is 85.3 Å². The van der Waals surface area contributed by atoms with Crippen molar-refractivity contribution in [1.82, 2.24) is 9.78 Å². The standard InChI is InChI=1S/C23H28N4/c1-16-8-9-17(2)21(15-16)27-23-20(7-5-6-14-24-23)22(25-27)18-10-12-19(13-11-18)26(3)4/h8-13,15,24H,5-7,14H2,1-4H3. The first-order valence-corrected chi connectivity index (χ1v) is 9.76. The molecule has 4 heteroatoms. The van der Waals surface area contributed by atoms with E-state index in [0.717, 1.165) is 30.2 Å². The maximum Gasteiger partial charge on any atom is 0.133 e. The van der Waals surface area contributed by atoms with Crippen molar-refractivity contribution in [3.63, 3.8) is 0 Å². The van der Waals surface area contributed by atoms with Crippen LogP contribution in [0.2, 0.25) is 0 Å². The van der Waals surface area contributed by atoms with Crippen molar-refractivity contribution in [3.05, 3.63) is 59.2 Å². The molecule has 0 saturated carbocycles. The summed E-state index contributed by atoms with van der Waals surface area (Å²) >= 11 is 0. The molecule has 0 spiro atoms. The molecule has 0 amide bonds. The lowest BCUT2D eigenvalue weighted by molar-refractivity contribution is 0.779. The van der Waals surface area contributed by atoms with Gasteiger partial charge in [0.15, 0.2) is 0 Å². The quantitative estimate of drug-likeness (QED) is 0.716. The van der Waals surface area contributed by atoms with Gasteiger partial charge in [-0.15, -0.1) is 0 Å². The minimum absolute atomic E-state index is 1.00. The lowest BCUT2D eigenvalue weighted by Gasteiger charge is -2.12. The number of anilines is 2. The third kappa shape index (κ3) is 3.32. The van der Waals surface area contributed by atoms with Crippen molar-refractivity contribution in [3.8, 4) is 16.9 Å². The Kier molecular flexibility index (Phi) is 4.65. The molecular formula is C23H28N4. The van der Waals surface area contributed by atoms with E-state index in [4.69, 9.17) is 5.10 Å². The van der Waals surface area contributed by atoms with Gasteiger partial charge in [-0.3, -0.25) is 0 Å². The molecule has 2 aromatic carbocycles. The maximum atomic E-state index is 5.09. The molecule has 0 aliphatic carbocycles. The first-order chi connectivity index (χ1) is 13.0. The molecule has 4 nitrogen and oxygen atoms in total. The normalized spacial score (nSPS) is 13.6. The van der Waals surface area contributed by atoms with Gasteiger partial charge in [0.05, 0.1) is 11.4 Å². The zero-order valence-corrected chi connectivity index (χ0v) is 16.7. The molecule has 4 rings (SSSR count). The van der Waals surface area contributed by atoms with Crippen LogP contribution in [0.5, 0.6) is 0 Å². The van der Waals surface area contributed by atoms with Crippen LogP contribution < -0.4 is 10.2 Å². The van der Waals surface area contributed by atoms with E-state index in [1.807, 2.05) is 0 Å². The van der Waals surface area contributed by atoms with E-state index in [-0.39, 0.29) is 0 Å². The average Bonchev–Trinajstić information content (AvgIpc) is 2.85. The van der Waals surface area contributed by atoms with E-state index >= 15 is 0 Å². The summed E-state index contributed by atoms with van der Waals surface area (Å²) in [5, 5.41) is 8.74. The zero-order valence-electron chi connectivity index (χ0n) is 16.7. The van der Waals surface area contributed by atoms with Crippen molar-refractivity contribution >= 4 is 11.5 Å². The topological polar surface area (TPSA) is 33.1 Å². The fraction of sp³-hybridized carbons (Fsp3) is 0.348. The van der Waals surface area contributed by atoms with Gasteiger partial charge in [-0.1, -0.05) is 24.3 Å². The van der Waals surface area contributed by atoms with Crippen molar-refractivity contribution in [2.45, 2.75) is 33.1 Å². The highest BCUT2D eigenvalue weighted by Crippen LogP contribution is 2.35. The fourth-order valence-corrected chi connectivity index (χ4v) is 3.77. The number of rotatable bonds is 3. The number of benzene rings is 2. The summed E-state index contributed by atoms with van der Waals surface area (Å²) < 4.78 is 2.12. The van der Waals surface area contributed by atoms with Gasteiger partial charge in [0.25, 0.3) is 0 Å². The Bertz CT molecular complexity index is 951. The fourth-order valence-electron chi connectivity index (χ4n) is 3.77. The van der Waals surface area contributed by atoms with Gasteiger partial charge in [-0.25, -0.2) is 4.68 Å². The van der Waals surface area contributed by atoms with E-state index < -0.39 is 0 Å². The highest BCUT2D eigenvalue weighted by atomic mass is 15.3. The minimum Gasteiger partial charge on any atom is -0.378 e. The molecule has 0 unspecified atom stereocenters. The summed E-state index contributed by atoms with van der Waals surface area (Å²) in [5.41, 5.74) is 8.49. The first-order valence-electron chi connectivity index (χ1n) is 9.76. The molecule has 1 N–H and O–H groups in total. The lowest BCUT2D eigenvalue weighted by Crippen LogP contribution is -2.08. The Labute approximate surface area is 161 Å². The van der Waals surface area contributed by atoms with Gasteiger partial charge < -0.3 is 10.2 Å². The number of aromatic nitrogens is 2. The van der Waals surface area contributed by atoms with Crippen molar-refractivity contribution in [2.24, 2.45) is 0 Å². The third-order valence-corrected chi connectivity index (χ3v) is 5.38. The smallest absolute Gasteiger partial charge is 0.133 e. The summed E-state index contributed by atoms with van der Waals surface area (Å²) in [6.07, 6.45) is 3.46. The van der Waals surface area contributed by atoms with Crippen molar-refractivity contribution < 1.29 is 0 Å². The van der Waals surface area contributed by atoms with Gasteiger partial charge in [0, 0.05) is 37.5 Å². The molecule has 27 heavy (non-hydrogen) atoms. The largest absolute Gasteiger partial charge is 0.378 e. The zero-order chi connectivity index (χ0) is 19.0. The van der Waals surface area contributed by atoms with Crippen LogP contribution in [0.1, 0.15) is 29.5 Å². The second-order valence-electron chi connectivity index (χ2n) is 7.70. The highest BCUT2D eigenvalue weighted by Gasteiger charge is 2.22. The predicted molar refractivity (Wildman–Crippen MR) is 114 cm³/mol. The average molecular weight is 361 g/mol. The number of aryl methyl sites for hydroxylation is 2. The Hall–Kier alpha value is -2.75. The van der Waals surface area contributed by atoms with E-state index in [1.165, 1.54) is 40.8 Å². The number of nitrogens with one attached hydrogen (secondary N) is 1. The molecular weight excluding hydrogens is 332 g/mol. The first kappa shape index (κ1) is 17.7. The van der Waals surface area contributed by atoms with Crippen LogP contribution in [0.3, 0.4) is 0 Å². The molecule has 2 heterocycles. The number of hydrogen-bond donors (Lipinski definition) is 1. The molecule has 0 radical (unpaired) electrons. The number of nitrogens with zero attached hydrogens (tertiary/aromatic N) is 3. The second-order valence-corrected chi connectivity index (χ2v) is 7.70. The maximum absolute atomic E-state index is 5.09. The Balaban J connectivity index is 1.88. The van der Waals surface area contributed by atoms with Crippen LogP contribution in [0, 0.1) is 13.8 Å². The van der Waals surface area contributed by atoms with Crippen LogP contribution >= 0.6 is 0 Å². The number of fused-ring (bicyclic) bond motifs is 1. The molecule has 0 atom stereocenters. The highest BCUT2D eigenvalue weighted by molar-refractivity contribution is 5.73. The van der Waals surface area contributed by atoms with Crippen LogP contribution in [-0.2, 0) is 6.42 Å². The van der Waals surface area contributed by atoms with E-state index in [1.54, 1.807) is 0 Å². The monoisotopic (exact) mass is 360 g/mol. The molecule has 1 aliphatic rings. The Morgan fingerprint density at radius 3 is 2.52 bits per heavy atom. The van der Waals surface area contributed by atoms with Crippen LogP contribution in [0.15, 0.2) is 42.5 Å². The summed E-state index contributed by atoms with van der Waals surface area (Å²) in [6, 6.07) is 15.3. The molecule has 1 aromatic heterocycles.